The molecule has 1 saturated carbocycles. The summed E-state index contributed by atoms with van der Waals surface area (Å²) in [6.07, 6.45) is 11.1. The molecule has 0 spiro atoms. The zero-order valence-corrected chi connectivity index (χ0v) is 18.3. The Labute approximate surface area is 187 Å². The van der Waals surface area contributed by atoms with Crippen molar-refractivity contribution in [3.8, 4) is 0 Å². The lowest BCUT2D eigenvalue weighted by atomic mass is 9.84. The molecule has 1 aromatic heterocycles. The maximum Gasteiger partial charge on any atom is 0.267 e. The van der Waals surface area contributed by atoms with Crippen LogP contribution in [0, 0.1) is 5.92 Å². The number of anilines is 1. The van der Waals surface area contributed by atoms with Gasteiger partial charge in [-0.05, 0) is 49.8 Å². The van der Waals surface area contributed by atoms with Gasteiger partial charge >= 0.3 is 0 Å². The van der Waals surface area contributed by atoms with Crippen LogP contribution in [-0.2, 0) is 19.2 Å². The molecule has 3 aliphatic rings. The number of ether oxygens (including phenoxy) is 1. The van der Waals surface area contributed by atoms with Crippen molar-refractivity contribution in [2.24, 2.45) is 5.92 Å². The van der Waals surface area contributed by atoms with Crippen LogP contribution < -0.4 is 10.8 Å². The number of carbonyl (C=O) groups excluding carboxylic acids is 2. The Balaban J connectivity index is 1.24. The Hall–Kier alpha value is -2.16. The summed E-state index contributed by atoms with van der Waals surface area (Å²) in [5.74, 6) is 0.718. The molecule has 1 aliphatic carbocycles. The van der Waals surface area contributed by atoms with Crippen molar-refractivity contribution < 1.29 is 19.2 Å². The van der Waals surface area contributed by atoms with Crippen LogP contribution in [0.5, 0.6) is 0 Å². The van der Waals surface area contributed by atoms with Crippen molar-refractivity contribution >= 4 is 35.3 Å². The van der Waals surface area contributed by atoms with Crippen LogP contribution in [0.4, 0.5) is 5.82 Å². The van der Waals surface area contributed by atoms with Gasteiger partial charge in [0.2, 0.25) is 5.91 Å². The monoisotopic (exact) mass is 448 g/mol. The number of hydrogen-bond acceptors (Lipinski definition) is 6. The number of carbonyl (C=O) groups is 2. The third-order valence-electron chi connectivity index (χ3n) is 6.01. The molecule has 0 radical (unpaired) electrons. The molecule has 3 fully saturated rings. The number of nitrogens with zero attached hydrogens (tertiary/aromatic N) is 2. The molecule has 3 heterocycles. The average Bonchev–Trinajstić information content (AvgIpc) is 3.21. The lowest BCUT2D eigenvalue weighted by Crippen LogP contribution is -2.38. The van der Waals surface area contributed by atoms with Gasteiger partial charge in [-0.2, -0.15) is 0 Å². The van der Waals surface area contributed by atoms with Gasteiger partial charge in [-0.25, -0.2) is 15.3 Å². The molecule has 2 N–H and O–H groups in total. The van der Waals surface area contributed by atoms with E-state index in [0.29, 0.717) is 29.6 Å². The van der Waals surface area contributed by atoms with Gasteiger partial charge in [-0.3, -0.25) is 9.59 Å². The molecular formula is C22H29ClN4O4. The van der Waals surface area contributed by atoms with Gasteiger partial charge in [0.1, 0.15) is 5.82 Å². The summed E-state index contributed by atoms with van der Waals surface area (Å²) >= 11 is 6.39. The minimum Gasteiger partial charge on any atom is -0.364 e. The van der Waals surface area contributed by atoms with E-state index >= 15 is 0 Å². The first-order valence-corrected chi connectivity index (χ1v) is 11.4. The lowest BCUT2D eigenvalue weighted by Gasteiger charge is -2.29. The number of nitrogens with one attached hydrogen (secondary N) is 2. The molecule has 1 unspecified atom stereocenters. The Morgan fingerprint density at radius 3 is 2.81 bits per heavy atom. The number of aromatic nitrogens is 1. The zero-order valence-electron chi connectivity index (χ0n) is 17.5. The highest BCUT2D eigenvalue weighted by Crippen LogP contribution is 2.30. The van der Waals surface area contributed by atoms with E-state index in [1.807, 2.05) is 4.90 Å². The van der Waals surface area contributed by atoms with Crippen LogP contribution in [0.15, 0.2) is 18.3 Å². The third-order valence-corrected chi connectivity index (χ3v) is 6.30. The fourth-order valence-electron chi connectivity index (χ4n) is 3.97. The summed E-state index contributed by atoms with van der Waals surface area (Å²) in [5, 5.41) is 3.81. The highest BCUT2D eigenvalue weighted by Gasteiger charge is 2.33. The molecule has 2 saturated heterocycles. The smallest absolute Gasteiger partial charge is 0.267 e. The number of likely N-dealkylation sites (tertiary alicyclic amines) is 1. The molecule has 9 heteroatoms. The number of rotatable bonds is 7. The first-order chi connectivity index (χ1) is 15.1. The van der Waals surface area contributed by atoms with E-state index in [1.54, 1.807) is 18.3 Å². The number of hydrogen-bond donors (Lipinski definition) is 2. The van der Waals surface area contributed by atoms with Crippen molar-refractivity contribution in [2.75, 3.05) is 25.0 Å². The molecule has 0 bridgehead atoms. The van der Waals surface area contributed by atoms with E-state index in [2.05, 4.69) is 15.8 Å². The molecule has 1 aromatic rings. The van der Waals surface area contributed by atoms with Gasteiger partial charge in [0.05, 0.1) is 5.02 Å². The Morgan fingerprint density at radius 2 is 2.10 bits per heavy atom. The molecular weight excluding hydrogens is 420 g/mol. The number of amides is 2. The van der Waals surface area contributed by atoms with Gasteiger partial charge in [0.25, 0.3) is 5.91 Å². The van der Waals surface area contributed by atoms with Crippen molar-refractivity contribution in [1.29, 1.82) is 0 Å². The normalized spacial score (nSPS) is 24.2. The second kappa shape index (κ2) is 10.4. The van der Waals surface area contributed by atoms with Gasteiger partial charge in [0.15, 0.2) is 6.29 Å². The summed E-state index contributed by atoms with van der Waals surface area (Å²) < 4.78 is 5.40. The van der Waals surface area contributed by atoms with E-state index in [4.69, 9.17) is 21.2 Å². The van der Waals surface area contributed by atoms with Gasteiger partial charge in [-0.15, -0.1) is 0 Å². The molecule has 4 rings (SSSR count). The largest absolute Gasteiger partial charge is 0.364 e. The molecule has 0 aromatic carbocycles. The van der Waals surface area contributed by atoms with Crippen LogP contribution in [0.1, 0.15) is 50.5 Å². The third kappa shape index (κ3) is 5.96. The number of halogens is 1. The first-order valence-electron chi connectivity index (χ1n) is 11.0. The van der Waals surface area contributed by atoms with Crippen molar-refractivity contribution in [1.82, 2.24) is 15.4 Å². The van der Waals surface area contributed by atoms with Crippen molar-refractivity contribution in [3.05, 3.63) is 28.9 Å². The summed E-state index contributed by atoms with van der Waals surface area (Å²) in [5.41, 5.74) is 3.08. The second-order valence-electron chi connectivity index (χ2n) is 8.35. The van der Waals surface area contributed by atoms with Crippen molar-refractivity contribution in [3.63, 3.8) is 0 Å². The highest BCUT2D eigenvalue weighted by atomic mass is 35.5. The van der Waals surface area contributed by atoms with E-state index in [1.165, 1.54) is 6.08 Å². The summed E-state index contributed by atoms with van der Waals surface area (Å²) in [6.45, 7) is 2.10. The van der Waals surface area contributed by atoms with Crippen LogP contribution in [0.2, 0.25) is 5.02 Å². The van der Waals surface area contributed by atoms with E-state index < -0.39 is 0 Å². The maximum absolute atomic E-state index is 12.4. The Morgan fingerprint density at radius 1 is 1.23 bits per heavy atom. The SMILES string of the molecule is O=C(/C=C/c1cnc(N[C@@H]2CCN(C(=O)C3CCC3)C2)c(Cl)c1)NOC1CCCCO1. The van der Waals surface area contributed by atoms with Crippen LogP contribution in [0.25, 0.3) is 6.08 Å². The fourth-order valence-corrected chi connectivity index (χ4v) is 4.20. The summed E-state index contributed by atoms with van der Waals surface area (Å²) in [7, 11) is 0. The summed E-state index contributed by atoms with van der Waals surface area (Å²) in [6, 6.07) is 1.89. The quantitative estimate of drug-likeness (QED) is 0.491. The average molecular weight is 449 g/mol. The van der Waals surface area contributed by atoms with Crippen LogP contribution >= 0.6 is 11.6 Å². The van der Waals surface area contributed by atoms with Crippen LogP contribution in [-0.4, -0.2) is 53.7 Å². The van der Waals surface area contributed by atoms with E-state index in [9.17, 15) is 9.59 Å². The maximum atomic E-state index is 12.4. The topological polar surface area (TPSA) is 92.8 Å². The summed E-state index contributed by atoms with van der Waals surface area (Å²) in [4.78, 5) is 35.9. The van der Waals surface area contributed by atoms with Gasteiger partial charge < -0.3 is 15.0 Å². The Bertz CT molecular complexity index is 824. The zero-order chi connectivity index (χ0) is 21.6. The lowest BCUT2D eigenvalue weighted by molar-refractivity contribution is -0.198. The molecule has 2 aliphatic heterocycles. The minimum absolute atomic E-state index is 0.139. The number of hydroxylamine groups is 1. The predicted octanol–water partition coefficient (Wildman–Crippen LogP) is 3.14. The van der Waals surface area contributed by atoms with Gasteiger partial charge in [0, 0.05) is 50.3 Å². The number of pyridine rings is 1. The highest BCUT2D eigenvalue weighted by molar-refractivity contribution is 6.33. The molecule has 2 amide bonds. The van der Waals surface area contributed by atoms with Crippen LogP contribution in [0.3, 0.4) is 0 Å². The minimum atomic E-state index is -0.386. The molecule has 2 atom stereocenters. The molecule has 168 valence electrons. The second-order valence-corrected chi connectivity index (χ2v) is 8.76. The van der Waals surface area contributed by atoms with Gasteiger partial charge in [-0.1, -0.05) is 18.0 Å². The standard InChI is InChI=1S/C22H29ClN4O4/c23-18-12-15(7-8-19(28)26-31-20-6-1-2-11-30-20)13-24-21(18)25-17-9-10-27(14-17)22(29)16-4-3-5-16/h7-8,12-13,16-17,20H,1-6,9-11,14H2,(H,24,25)(H,26,28)/b8-7+/t17-,20?/m1/s1. The fraction of sp³-hybridized carbons (Fsp3) is 0.591. The predicted molar refractivity (Wildman–Crippen MR) is 117 cm³/mol. The van der Waals surface area contributed by atoms with E-state index in [0.717, 1.165) is 51.5 Å². The molecule has 31 heavy (non-hydrogen) atoms. The van der Waals surface area contributed by atoms with Crippen molar-refractivity contribution in [2.45, 2.75) is 57.3 Å². The van der Waals surface area contributed by atoms with E-state index in [-0.39, 0.29) is 30.1 Å². The Kier molecular flexibility index (Phi) is 7.42. The molecule has 8 nitrogen and oxygen atoms in total. The first kappa shape index (κ1) is 22.0.